The summed E-state index contributed by atoms with van der Waals surface area (Å²) in [6.07, 6.45) is 3.91. The Labute approximate surface area is 105 Å². The highest BCUT2D eigenvalue weighted by Gasteiger charge is 2.27. The van der Waals surface area contributed by atoms with E-state index in [2.05, 4.69) is 18.7 Å². The van der Waals surface area contributed by atoms with E-state index in [1.54, 1.807) is 0 Å². The molecule has 1 atom stereocenters. The van der Waals surface area contributed by atoms with E-state index >= 15 is 0 Å². The van der Waals surface area contributed by atoms with Crippen LogP contribution in [-0.4, -0.2) is 54.5 Å². The third-order valence-electron chi connectivity index (χ3n) is 3.82. The molecule has 1 fully saturated rings. The Morgan fingerprint density at radius 1 is 1.41 bits per heavy atom. The van der Waals surface area contributed by atoms with E-state index in [-0.39, 0.29) is 11.9 Å². The van der Waals surface area contributed by atoms with Gasteiger partial charge in [0.15, 0.2) is 0 Å². The molecule has 4 heteroatoms. The number of carbonyl (C=O) groups is 1. The molecule has 1 aliphatic heterocycles. The molecule has 0 bridgehead atoms. The van der Waals surface area contributed by atoms with Crippen LogP contribution in [0.5, 0.6) is 0 Å². The number of carbonyl (C=O) groups excluding carboxylic acids is 1. The maximum atomic E-state index is 12.1. The van der Waals surface area contributed by atoms with Crippen molar-refractivity contribution in [3.63, 3.8) is 0 Å². The molecule has 1 aliphatic rings. The summed E-state index contributed by atoms with van der Waals surface area (Å²) in [6, 6.07) is 0.0717. The zero-order valence-electron chi connectivity index (χ0n) is 11.5. The van der Waals surface area contributed by atoms with Crippen molar-refractivity contribution in [1.29, 1.82) is 0 Å². The predicted molar refractivity (Wildman–Crippen MR) is 70.8 cm³/mol. The first-order valence-electron chi connectivity index (χ1n) is 6.84. The van der Waals surface area contributed by atoms with Crippen molar-refractivity contribution >= 4 is 5.91 Å². The molecular formula is C13H27N3O. The summed E-state index contributed by atoms with van der Waals surface area (Å²) in [4.78, 5) is 16.4. The Hall–Kier alpha value is -0.610. The normalized spacial score (nSPS) is 20.2. The largest absolute Gasteiger partial charge is 0.341 e. The summed E-state index contributed by atoms with van der Waals surface area (Å²) >= 11 is 0. The van der Waals surface area contributed by atoms with Gasteiger partial charge in [-0.05, 0) is 25.8 Å². The van der Waals surface area contributed by atoms with Gasteiger partial charge in [0.2, 0.25) is 5.91 Å². The van der Waals surface area contributed by atoms with Crippen LogP contribution in [0.2, 0.25) is 0 Å². The zero-order chi connectivity index (χ0) is 12.8. The Balaban J connectivity index is 2.42. The zero-order valence-corrected chi connectivity index (χ0v) is 11.5. The summed E-state index contributed by atoms with van der Waals surface area (Å²) in [5, 5.41) is 0. The highest BCUT2D eigenvalue weighted by atomic mass is 16.2. The third-order valence-corrected chi connectivity index (χ3v) is 3.82. The Morgan fingerprint density at radius 3 is 2.47 bits per heavy atom. The van der Waals surface area contributed by atoms with E-state index < -0.39 is 0 Å². The van der Waals surface area contributed by atoms with Crippen molar-refractivity contribution in [3.8, 4) is 0 Å². The van der Waals surface area contributed by atoms with Gasteiger partial charge in [0.25, 0.3) is 0 Å². The maximum Gasteiger partial charge on any atom is 0.239 e. The highest BCUT2D eigenvalue weighted by molar-refractivity contribution is 5.81. The van der Waals surface area contributed by atoms with Crippen LogP contribution in [0.4, 0.5) is 0 Å². The van der Waals surface area contributed by atoms with Gasteiger partial charge >= 0.3 is 0 Å². The van der Waals surface area contributed by atoms with E-state index in [0.717, 1.165) is 45.3 Å². The molecule has 0 aromatic heterocycles. The van der Waals surface area contributed by atoms with Gasteiger partial charge in [-0.3, -0.25) is 4.79 Å². The van der Waals surface area contributed by atoms with E-state index in [9.17, 15) is 4.79 Å². The molecule has 1 saturated heterocycles. The molecule has 4 nitrogen and oxygen atoms in total. The molecule has 0 saturated carbocycles. The van der Waals surface area contributed by atoms with Gasteiger partial charge < -0.3 is 15.5 Å². The summed E-state index contributed by atoms with van der Waals surface area (Å²) in [7, 11) is 1.91. The molecule has 0 radical (unpaired) electrons. The number of nitrogens with two attached hydrogens (primary N) is 1. The fourth-order valence-corrected chi connectivity index (χ4v) is 2.50. The standard InChI is InChI=1S/C13H27N3O/c1-4-6-12(14)13(17)15(3)11-7-9-16(5-2)10-8-11/h11-12H,4-10,14H2,1-3H3/t12-/m1/s1. The van der Waals surface area contributed by atoms with Gasteiger partial charge in [-0.2, -0.15) is 0 Å². The van der Waals surface area contributed by atoms with Crippen LogP contribution < -0.4 is 5.73 Å². The Morgan fingerprint density at radius 2 is 2.00 bits per heavy atom. The van der Waals surface area contributed by atoms with Gasteiger partial charge in [0, 0.05) is 26.2 Å². The van der Waals surface area contributed by atoms with Crippen LogP contribution >= 0.6 is 0 Å². The second-order valence-corrected chi connectivity index (χ2v) is 5.01. The van der Waals surface area contributed by atoms with Crippen molar-refractivity contribution < 1.29 is 4.79 Å². The van der Waals surface area contributed by atoms with Gasteiger partial charge in [-0.15, -0.1) is 0 Å². The number of amides is 1. The van der Waals surface area contributed by atoms with Gasteiger partial charge in [-0.25, -0.2) is 0 Å². The second-order valence-electron chi connectivity index (χ2n) is 5.01. The average molecular weight is 241 g/mol. The molecule has 2 N–H and O–H groups in total. The van der Waals surface area contributed by atoms with Crippen molar-refractivity contribution in [2.24, 2.45) is 5.73 Å². The lowest BCUT2D eigenvalue weighted by Crippen LogP contribution is -2.50. The topological polar surface area (TPSA) is 49.6 Å². The van der Waals surface area contributed by atoms with Crippen molar-refractivity contribution in [2.75, 3.05) is 26.7 Å². The highest BCUT2D eigenvalue weighted by Crippen LogP contribution is 2.16. The lowest BCUT2D eigenvalue weighted by Gasteiger charge is -2.37. The number of nitrogens with zero attached hydrogens (tertiary/aromatic N) is 2. The number of rotatable bonds is 5. The minimum atomic E-state index is -0.311. The van der Waals surface area contributed by atoms with Crippen LogP contribution in [0.3, 0.4) is 0 Å². The van der Waals surface area contributed by atoms with Crippen molar-refractivity contribution in [2.45, 2.75) is 51.6 Å². The lowest BCUT2D eigenvalue weighted by atomic mass is 10.0. The number of hydrogen-bond acceptors (Lipinski definition) is 3. The minimum Gasteiger partial charge on any atom is -0.341 e. The fraction of sp³-hybridized carbons (Fsp3) is 0.923. The molecule has 100 valence electrons. The molecule has 0 aliphatic carbocycles. The smallest absolute Gasteiger partial charge is 0.239 e. The van der Waals surface area contributed by atoms with Crippen LogP contribution in [0.25, 0.3) is 0 Å². The Bertz CT molecular complexity index is 237. The third kappa shape index (κ3) is 3.96. The van der Waals surface area contributed by atoms with Crippen LogP contribution in [0.1, 0.15) is 39.5 Å². The lowest BCUT2D eigenvalue weighted by molar-refractivity contribution is -0.134. The minimum absolute atomic E-state index is 0.113. The summed E-state index contributed by atoms with van der Waals surface area (Å²) in [6.45, 7) is 7.56. The monoisotopic (exact) mass is 241 g/mol. The molecule has 1 amide bonds. The van der Waals surface area contributed by atoms with Crippen LogP contribution in [-0.2, 0) is 4.79 Å². The average Bonchev–Trinajstić information content (AvgIpc) is 2.37. The molecule has 17 heavy (non-hydrogen) atoms. The van der Waals surface area contributed by atoms with Crippen LogP contribution in [0.15, 0.2) is 0 Å². The SMILES string of the molecule is CCC[C@@H](N)C(=O)N(C)C1CCN(CC)CC1. The summed E-state index contributed by atoms with van der Waals surface area (Å²) < 4.78 is 0. The summed E-state index contributed by atoms with van der Waals surface area (Å²) in [5.74, 6) is 0.113. The van der Waals surface area contributed by atoms with Crippen LogP contribution in [0, 0.1) is 0 Å². The van der Waals surface area contributed by atoms with Gasteiger partial charge in [0.05, 0.1) is 6.04 Å². The molecule has 0 aromatic carbocycles. The van der Waals surface area contributed by atoms with Crippen molar-refractivity contribution in [1.82, 2.24) is 9.80 Å². The van der Waals surface area contributed by atoms with E-state index in [0.29, 0.717) is 6.04 Å². The first-order valence-corrected chi connectivity index (χ1v) is 6.84. The molecule has 1 rings (SSSR count). The second kappa shape index (κ2) is 6.97. The quantitative estimate of drug-likeness (QED) is 0.783. The van der Waals surface area contributed by atoms with E-state index in [4.69, 9.17) is 5.73 Å². The van der Waals surface area contributed by atoms with Crippen molar-refractivity contribution in [3.05, 3.63) is 0 Å². The van der Waals surface area contributed by atoms with E-state index in [1.165, 1.54) is 0 Å². The number of likely N-dealkylation sites (N-methyl/N-ethyl adjacent to an activating group) is 1. The predicted octanol–water partition coefficient (Wildman–Crippen LogP) is 1.06. The number of piperidine rings is 1. The van der Waals surface area contributed by atoms with E-state index in [1.807, 2.05) is 11.9 Å². The summed E-state index contributed by atoms with van der Waals surface area (Å²) in [5.41, 5.74) is 5.89. The first kappa shape index (κ1) is 14.5. The first-order chi connectivity index (χ1) is 8.10. The van der Waals surface area contributed by atoms with Gasteiger partial charge in [0.1, 0.15) is 0 Å². The molecule has 0 aromatic rings. The number of likely N-dealkylation sites (tertiary alicyclic amines) is 1. The molecule has 0 unspecified atom stereocenters. The molecular weight excluding hydrogens is 214 g/mol. The van der Waals surface area contributed by atoms with Gasteiger partial charge in [-0.1, -0.05) is 20.3 Å². The molecule has 0 spiro atoms. The maximum absolute atomic E-state index is 12.1. The fourth-order valence-electron chi connectivity index (χ4n) is 2.50. The molecule has 1 heterocycles. The number of hydrogen-bond donors (Lipinski definition) is 1. The Kier molecular flexibility index (Phi) is 5.92.